The fourth-order valence-electron chi connectivity index (χ4n) is 1.09. The number of methoxy groups -OCH3 is 1. The molecule has 1 N–H and O–H groups in total. The first kappa shape index (κ1) is 11.9. The summed E-state index contributed by atoms with van der Waals surface area (Å²) in [5, 5.41) is 3.15. The van der Waals surface area contributed by atoms with Crippen LogP contribution >= 0.6 is 0 Å². The molecule has 1 heterocycles. The summed E-state index contributed by atoms with van der Waals surface area (Å²) in [6.07, 6.45) is 2.36. The zero-order chi connectivity index (χ0) is 11.3. The van der Waals surface area contributed by atoms with Gasteiger partial charge in [-0.15, -0.1) is 0 Å². The molecule has 15 heavy (non-hydrogen) atoms. The van der Waals surface area contributed by atoms with E-state index in [1.165, 1.54) is 12.3 Å². The molecule has 0 fully saturated rings. The lowest BCUT2D eigenvalue weighted by molar-refractivity contribution is 0.0185. The van der Waals surface area contributed by atoms with Gasteiger partial charge in [-0.05, 0) is 32.4 Å². The van der Waals surface area contributed by atoms with E-state index in [9.17, 15) is 4.39 Å². The Hall–Kier alpha value is -1.16. The Bertz CT molecular complexity index is 298. The van der Waals surface area contributed by atoms with Gasteiger partial charge < -0.3 is 10.1 Å². The Morgan fingerprint density at radius 3 is 2.73 bits per heavy atom. The molecule has 1 aromatic heterocycles. The number of nitrogens with one attached hydrogen (secondary N) is 1. The first-order valence-electron chi connectivity index (χ1n) is 4.94. The monoisotopic (exact) mass is 212 g/mol. The highest BCUT2D eigenvalue weighted by molar-refractivity contribution is 5.39. The summed E-state index contributed by atoms with van der Waals surface area (Å²) in [7, 11) is 1.69. The van der Waals surface area contributed by atoms with E-state index in [2.05, 4.69) is 10.3 Å². The van der Waals surface area contributed by atoms with E-state index in [1.54, 1.807) is 13.2 Å². The zero-order valence-electron chi connectivity index (χ0n) is 9.38. The average molecular weight is 212 g/mol. The second kappa shape index (κ2) is 5.07. The summed E-state index contributed by atoms with van der Waals surface area (Å²) in [5.74, 6) is -0.460. The quantitative estimate of drug-likeness (QED) is 0.761. The van der Waals surface area contributed by atoms with Gasteiger partial charge in [0.05, 0.1) is 17.5 Å². The molecule has 0 spiro atoms. The van der Waals surface area contributed by atoms with E-state index < -0.39 is 5.95 Å². The fraction of sp³-hybridized carbons (Fsp3) is 0.545. The van der Waals surface area contributed by atoms with E-state index in [4.69, 9.17) is 4.74 Å². The van der Waals surface area contributed by atoms with Crippen LogP contribution in [0.25, 0.3) is 0 Å². The molecule has 0 bridgehead atoms. The maximum Gasteiger partial charge on any atom is 0.212 e. The molecule has 0 atom stereocenters. The summed E-state index contributed by atoms with van der Waals surface area (Å²) in [4.78, 5) is 3.55. The van der Waals surface area contributed by atoms with Crippen molar-refractivity contribution in [2.75, 3.05) is 19.0 Å². The lowest BCUT2D eigenvalue weighted by Crippen LogP contribution is -2.25. The maximum absolute atomic E-state index is 12.5. The summed E-state index contributed by atoms with van der Waals surface area (Å²) in [5.41, 5.74) is 0.684. The number of anilines is 1. The van der Waals surface area contributed by atoms with E-state index in [0.717, 1.165) is 18.7 Å². The van der Waals surface area contributed by atoms with Crippen LogP contribution in [0.2, 0.25) is 0 Å². The lowest BCUT2D eigenvalue weighted by Gasteiger charge is -2.22. The van der Waals surface area contributed by atoms with Gasteiger partial charge in [0.15, 0.2) is 0 Å². The first-order chi connectivity index (χ1) is 7.03. The largest absolute Gasteiger partial charge is 0.384 e. The molecule has 0 aliphatic heterocycles. The Morgan fingerprint density at radius 2 is 2.20 bits per heavy atom. The number of aromatic nitrogens is 1. The average Bonchev–Trinajstić information content (AvgIpc) is 2.21. The molecule has 4 heteroatoms. The van der Waals surface area contributed by atoms with Crippen molar-refractivity contribution in [2.24, 2.45) is 0 Å². The van der Waals surface area contributed by atoms with Crippen LogP contribution in [-0.2, 0) is 4.74 Å². The molecule has 84 valence electrons. The Morgan fingerprint density at radius 1 is 1.47 bits per heavy atom. The summed E-state index contributed by atoms with van der Waals surface area (Å²) < 4.78 is 17.8. The third kappa shape index (κ3) is 4.25. The van der Waals surface area contributed by atoms with Crippen LogP contribution in [0.1, 0.15) is 20.3 Å². The van der Waals surface area contributed by atoms with Crippen molar-refractivity contribution in [2.45, 2.75) is 25.9 Å². The van der Waals surface area contributed by atoms with E-state index in [1.807, 2.05) is 13.8 Å². The van der Waals surface area contributed by atoms with Gasteiger partial charge in [-0.25, -0.2) is 4.98 Å². The van der Waals surface area contributed by atoms with Crippen LogP contribution in [0, 0.1) is 5.95 Å². The zero-order valence-corrected chi connectivity index (χ0v) is 9.38. The van der Waals surface area contributed by atoms with Crippen LogP contribution < -0.4 is 5.32 Å². The summed E-state index contributed by atoms with van der Waals surface area (Å²) >= 11 is 0. The van der Waals surface area contributed by atoms with Crippen molar-refractivity contribution in [3.63, 3.8) is 0 Å². The predicted molar refractivity (Wildman–Crippen MR) is 58.4 cm³/mol. The molecule has 0 aliphatic carbocycles. The number of halogens is 1. The van der Waals surface area contributed by atoms with Crippen LogP contribution in [0.4, 0.5) is 10.1 Å². The van der Waals surface area contributed by atoms with Crippen molar-refractivity contribution in [3.05, 3.63) is 24.3 Å². The molecule has 1 aromatic rings. The number of rotatable bonds is 5. The third-order valence-corrected chi connectivity index (χ3v) is 2.34. The van der Waals surface area contributed by atoms with Gasteiger partial charge >= 0.3 is 0 Å². The molecule has 0 aromatic carbocycles. The number of hydrogen-bond donors (Lipinski definition) is 1. The molecule has 0 saturated carbocycles. The number of nitrogens with zero attached hydrogens (tertiary/aromatic N) is 1. The molecule has 0 saturated heterocycles. The van der Waals surface area contributed by atoms with Gasteiger partial charge in [-0.1, -0.05) is 0 Å². The second-order valence-corrected chi connectivity index (χ2v) is 4.01. The van der Waals surface area contributed by atoms with Gasteiger partial charge in [0.1, 0.15) is 0 Å². The lowest BCUT2D eigenvalue weighted by atomic mass is 10.1. The van der Waals surface area contributed by atoms with Crippen molar-refractivity contribution in [1.82, 2.24) is 4.98 Å². The number of ether oxygens (including phenoxy) is 1. The SMILES string of the molecule is COC(C)(C)CCNc1ccc(F)nc1. The highest BCUT2D eigenvalue weighted by atomic mass is 19.1. The van der Waals surface area contributed by atoms with Crippen molar-refractivity contribution >= 4 is 5.69 Å². The molecule has 1 rings (SSSR count). The Labute approximate surface area is 89.7 Å². The van der Waals surface area contributed by atoms with E-state index in [0.29, 0.717) is 0 Å². The Kier molecular flexibility index (Phi) is 4.03. The molecule has 3 nitrogen and oxygen atoms in total. The van der Waals surface area contributed by atoms with Crippen LogP contribution in [0.3, 0.4) is 0 Å². The topological polar surface area (TPSA) is 34.1 Å². The van der Waals surface area contributed by atoms with Crippen LogP contribution in [0.5, 0.6) is 0 Å². The predicted octanol–water partition coefficient (Wildman–Crippen LogP) is 2.45. The van der Waals surface area contributed by atoms with Gasteiger partial charge in [0.2, 0.25) is 5.95 Å². The van der Waals surface area contributed by atoms with Gasteiger partial charge in [-0.3, -0.25) is 0 Å². The minimum absolute atomic E-state index is 0.138. The van der Waals surface area contributed by atoms with Crippen LogP contribution in [-0.4, -0.2) is 24.2 Å². The molecular weight excluding hydrogens is 195 g/mol. The summed E-state index contributed by atoms with van der Waals surface area (Å²) in [6, 6.07) is 3.01. The third-order valence-electron chi connectivity index (χ3n) is 2.34. The van der Waals surface area contributed by atoms with Crippen molar-refractivity contribution in [3.8, 4) is 0 Å². The smallest absolute Gasteiger partial charge is 0.212 e. The van der Waals surface area contributed by atoms with Gasteiger partial charge in [0, 0.05) is 13.7 Å². The highest BCUT2D eigenvalue weighted by Gasteiger charge is 2.14. The minimum Gasteiger partial charge on any atom is -0.384 e. The van der Waals surface area contributed by atoms with Crippen molar-refractivity contribution in [1.29, 1.82) is 0 Å². The molecule has 0 unspecified atom stereocenters. The minimum atomic E-state index is -0.460. The first-order valence-corrected chi connectivity index (χ1v) is 4.94. The standard InChI is InChI=1S/C11H17FN2O/c1-11(2,15-3)6-7-13-9-4-5-10(12)14-8-9/h4-5,8,13H,6-7H2,1-3H3. The number of hydrogen-bond acceptors (Lipinski definition) is 3. The van der Waals surface area contributed by atoms with E-state index >= 15 is 0 Å². The van der Waals surface area contributed by atoms with Gasteiger partial charge in [0.25, 0.3) is 0 Å². The fourth-order valence-corrected chi connectivity index (χ4v) is 1.09. The highest BCUT2D eigenvalue weighted by Crippen LogP contribution is 2.13. The molecular formula is C11H17FN2O. The normalized spacial score (nSPS) is 11.5. The molecule has 0 amide bonds. The second-order valence-electron chi connectivity index (χ2n) is 4.01. The molecule has 0 radical (unpaired) electrons. The van der Waals surface area contributed by atoms with Crippen molar-refractivity contribution < 1.29 is 9.13 Å². The maximum atomic E-state index is 12.5. The van der Waals surface area contributed by atoms with E-state index in [-0.39, 0.29) is 5.60 Å². The Balaban J connectivity index is 2.35. The van der Waals surface area contributed by atoms with Crippen LogP contribution in [0.15, 0.2) is 18.3 Å². The summed E-state index contributed by atoms with van der Waals surface area (Å²) in [6.45, 7) is 4.82. The van der Waals surface area contributed by atoms with Gasteiger partial charge in [-0.2, -0.15) is 4.39 Å². The molecule has 0 aliphatic rings. The number of pyridine rings is 1.